The van der Waals surface area contributed by atoms with Crippen molar-refractivity contribution in [3.8, 4) is 12.3 Å². The number of rotatable bonds is 5. The first-order valence-corrected chi connectivity index (χ1v) is 6.29. The standard InChI is InChI=1S/C13H14INO/c1-2-3-4-5-10-13(16)15-12-9-7-6-8-11(12)14/h1,6-9H,3-5,10H2,(H,15,16). The third-order valence-electron chi connectivity index (χ3n) is 2.12. The lowest BCUT2D eigenvalue weighted by molar-refractivity contribution is -0.116. The number of para-hydroxylation sites is 1. The molecule has 1 rings (SSSR count). The molecule has 0 spiro atoms. The molecule has 0 aliphatic rings. The number of unbranched alkanes of at least 4 members (excludes halogenated alkanes) is 2. The maximum absolute atomic E-state index is 11.6. The van der Waals surface area contributed by atoms with E-state index in [0.29, 0.717) is 6.42 Å². The fourth-order valence-corrected chi connectivity index (χ4v) is 1.81. The van der Waals surface area contributed by atoms with E-state index in [9.17, 15) is 4.79 Å². The van der Waals surface area contributed by atoms with Crippen LogP contribution in [0.25, 0.3) is 0 Å². The highest BCUT2D eigenvalue weighted by molar-refractivity contribution is 14.1. The summed E-state index contributed by atoms with van der Waals surface area (Å²) in [4.78, 5) is 11.6. The minimum Gasteiger partial charge on any atom is -0.325 e. The second kappa shape index (κ2) is 7.29. The summed E-state index contributed by atoms with van der Waals surface area (Å²) in [6, 6.07) is 7.73. The number of amides is 1. The van der Waals surface area contributed by atoms with Gasteiger partial charge in [-0.1, -0.05) is 12.1 Å². The van der Waals surface area contributed by atoms with Crippen molar-refractivity contribution in [2.45, 2.75) is 25.7 Å². The van der Waals surface area contributed by atoms with Gasteiger partial charge in [-0.15, -0.1) is 12.3 Å². The molecule has 0 aliphatic heterocycles. The van der Waals surface area contributed by atoms with Crippen LogP contribution in [0.4, 0.5) is 5.69 Å². The van der Waals surface area contributed by atoms with Gasteiger partial charge < -0.3 is 5.32 Å². The molecule has 0 radical (unpaired) electrons. The number of hydrogen-bond donors (Lipinski definition) is 1. The van der Waals surface area contributed by atoms with Gasteiger partial charge in [0.05, 0.1) is 5.69 Å². The van der Waals surface area contributed by atoms with Crippen LogP contribution in [0.3, 0.4) is 0 Å². The van der Waals surface area contributed by atoms with Crippen molar-refractivity contribution in [3.63, 3.8) is 0 Å². The molecule has 1 N–H and O–H groups in total. The molecule has 1 aromatic rings. The molecule has 1 amide bonds. The molecular weight excluding hydrogens is 313 g/mol. The summed E-state index contributed by atoms with van der Waals surface area (Å²) in [5.41, 5.74) is 0.880. The Bertz CT molecular complexity index is 395. The number of carbonyl (C=O) groups is 1. The van der Waals surface area contributed by atoms with Crippen LogP contribution in [0.5, 0.6) is 0 Å². The van der Waals surface area contributed by atoms with Crippen LogP contribution in [-0.4, -0.2) is 5.91 Å². The number of halogens is 1. The van der Waals surface area contributed by atoms with Gasteiger partial charge in [0.2, 0.25) is 5.91 Å². The zero-order chi connectivity index (χ0) is 11.8. The number of hydrogen-bond acceptors (Lipinski definition) is 1. The average molecular weight is 327 g/mol. The van der Waals surface area contributed by atoms with E-state index in [1.807, 2.05) is 24.3 Å². The van der Waals surface area contributed by atoms with Crippen molar-refractivity contribution < 1.29 is 4.79 Å². The van der Waals surface area contributed by atoms with E-state index in [1.165, 1.54) is 0 Å². The van der Waals surface area contributed by atoms with Crippen LogP contribution >= 0.6 is 22.6 Å². The van der Waals surface area contributed by atoms with Gasteiger partial charge in [-0.05, 0) is 47.6 Å². The van der Waals surface area contributed by atoms with E-state index in [0.717, 1.165) is 28.5 Å². The summed E-state index contributed by atoms with van der Waals surface area (Å²) in [5, 5.41) is 2.89. The summed E-state index contributed by atoms with van der Waals surface area (Å²) < 4.78 is 1.05. The summed E-state index contributed by atoms with van der Waals surface area (Å²) >= 11 is 2.20. The van der Waals surface area contributed by atoms with Crippen LogP contribution < -0.4 is 5.32 Å². The second-order valence-electron chi connectivity index (χ2n) is 3.44. The Morgan fingerprint density at radius 2 is 2.12 bits per heavy atom. The smallest absolute Gasteiger partial charge is 0.224 e. The molecule has 3 heteroatoms. The first kappa shape index (κ1) is 13.0. The Morgan fingerprint density at radius 1 is 1.38 bits per heavy atom. The fraction of sp³-hybridized carbons (Fsp3) is 0.308. The Morgan fingerprint density at radius 3 is 2.81 bits per heavy atom. The molecule has 1 aromatic carbocycles. The quantitative estimate of drug-likeness (QED) is 0.501. The van der Waals surface area contributed by atoms with Gasteiger partial charge in [-0.3, -0.25) is 4.79 Å². The van der Waals surface area contributed by atoms with E-state index in [2.05, 4.69) is 33.8 Å². The predicted octanol–water partition coefficient (Wildman–Crippen LogP) is 3.42. The molecule has 0 atom stereocenters. The molecule has 0 bridgehead atoms. The van der Waals surface area contributed by atoms with Crippen LogP contribution in [0, 0.1) is 15.9 Å². The molecule has 0 aliphatic carbocycles. The van der Waals surface area contributed by atoms with Gasteiger partial charge in [0.15, 0.2) is 0 Å². The SMILES string of the molecule is C#CCCCCC(=O)Nc1ccccc1I. The maximum Gasteiger partial charge on any atom is 0.224 e. The van der Waals surface area contributed by atoms with Crippen molar-refractivity contribution in [2.75, 3.05) is 5.32 Å². The van der Waals surface area contributed by atoms with Gasteiger partial charge in [-0.2, -0.15) is 0 Å². The van der Waals surface area contributed by atoms with Gasteiger partial charge in [0.1, 0.15) is 0 Å². The molecule has 84 valence electrons. The Balaban J connectivity index is 2.35. The highest BCUT2D eigenvalue weighted by atomic mass is 127. The van der Waals surface area contributed by atoms with Gasteiger partial charge in [0, 0.05) is 16.4 Å². The molecular formula is C13H14INO. The lowest BCUT2D eigenvalue weighted by Gasteiger charge is -2.06. The fourth-order valence-electron chi connectivity index (χ4n) is 1.29. The second-order valence-corrected chi connectivity index (χ2v) is 4.60. The maximum atomic E-state index is 11.6. The number of nitrogens with one attached hydrogen (secondary N) is 1. The number of benzene rings is 1. The molecule has 2 nitrogen and oxygen atoms in total. The Hall–Kier alpha value is -1.02. The summed E-state index contributed by atoms with van der Waals surface area (Å²) in [6.07, 6.45) is 8.18. The molecule has 0 unspecified atom stereocenters. The van der Waals surface area contributed by atoms with E-state index in [4.69, 9.17) is 6.42 Å². The predicted molar refractivity (Wildman–Crippen MR) is 75.1 cm³/mol. The van der Waals surface area contributed by atoms with Crippen LogP contribution in [-0.2, 0) is 4.79 Å². The van der Waals surface area contributed by atoms with E-state index < -0.39 is 0 Å². The van der Waals surface area contributed by atoms with Crippen molar-refractivity contribution in [3.05, 3.63) is 27.8 Å². The average Bonchev–Trinajstić information content (AvgIpc) is 2.28. The van der Waals surface area contributed by atoms with Gasteiger partial charge in [-0.25, -0.2) is 0 Å². The number of carbonyl (C=O) groups excluding carboxylic acids is 1. The Kier molecular flexibility index (Phi) is 5.94. The van der Waals surface area contributed by atoms with E-state index >= 15 is 0 Å². The first-order chi connectivity index (χ1) is 7.74. The normalized spacial score (nSPS) is 9.50. The van der Waals surface area contributed by atoms with Gasteiger partial charge >= 0.3 is 0 Å². The van der Waals surface area contributed by atoms with E-state index in [1.54, 1.807) is 0 Å². The highest BCUT2D eigenvalue weighted by Gasteiger charge is 2.03. The van der Waals surface area contributed by atoms with Crippen LogP contribution in [0.2, 0.25) is 0 Å². The molecule has 0 saturated heterocycles. The zero-order valence-corrected chi connectivity index (χ0v) is 11.2. The Labute approximate surface area is 110 Å². The van der Waals surface area contributed by atoms with Gasteiger partial charge in [0.25, 0.3) is 0 Å². The third-order valence-corrected chi connectivity index (χ3v) is 3.06. The highest BCUT2D eigenvalue weighted by Crippen LogP contribution is 2.17. The summed E-state index contributed by atoms with van der Waals surface area (Å²) in [5.74, 6) is 2.62. The minimum absolute atomic E-state index is 0.0566. The first-order valence-electron chi connectivity index (χ1n) is 5.22. The van der Waals surface area contributed by atoms with Crippen molar-refractivity contribution in [1.82, 2.24) is 0 Å². The lowest BCUT2D eigenvalue weighted by atomic mass is 10.2. The number of terminal acetylenes is 1. The van der Waals surface area contributed by atoms with Crippen LogP contribution in [0.1, 0.15) is 25.7 Å². The van der Waals surface area contributed by atoms with Crippen molar-refractivity contribution in [1.29, 1.82) is 0 Å². The van der Waals surface area contributed by atoms with Crippen LogP contribution in [0.15, 0.2) is 24.3 Å². The monoisotopic (exact) mass is 327 g/mol. The zero-order valence-electron chi connectivity index (χ0n) is 9.00. The topological polar surface area (TPSA) is 29.1 Å². The van der Waals surface area contributed by atoms with Crippen molar-refractivity contribution >= 4 is 34.2 Å². The minimum atomic E-state index is 0.0566. The van der Waals surface area contributed by atoms with Crippen molar-refractivity contribution in [2.24, 2.45) is 0 Å². The molecule has 0 aromatic heterocycles. The summed E-state index contributed by atoms with van der Waals surface area (Å²) in [7, 11) is 0. The summed E-state index contributed by atoms with van der Waals surface area (Å²) in [6.45, 7) is 0. The lowest BCUT2D eigenvalue weighted by Crippen LogP contribution is -2.11. The molecule has 0 saturated carbocycles. The molecule has 16 heavy (non-hydrogen) atoms. The third kappa shape index (κ3) is 4.67. The number of anilines is 1. The van der Waals surface area contributed by atoms with E-state index in [-0.39, 0.29) is 5.91 Å². The molecule has 0 fully saturated rings. The molecule has 0 heterocycles. The largest absolute Gasteiger partial charge is 0.325 e.